The molecule has 1 amide bonds. The first-order valence-electron chi connectivity index (χ1n) is 11.8. The molecule has 36 heavy (non-hydrogen) atoms. The van der Waals surface area contributed by atoms with Gasteiger partial charge in [0.2, 0.25) is 0 Å². The molecule has 0 atom stereocenters. The normalized spacial score (nSPS) is 14.5. The average Bonchev–Trinajstić information content (AvgIpc) is 3.45. The van der Waals surface area contributed by atoms with Crippen molar-refractivity contribution in [1.82, 2.24) is 9.80 Å². The van der Waals surface area contributed by atoms with Crippen molar-refractivity contribution in [2.24, 2.45) is 0 Å². The highest BCUT2D eigenvalue weighted by Gasteiger charge is 2.29. The van der Waals surface area contributed by atoms with Crippen LogP contribution in [0.4, 0.5) is 4.39 Å². The zero-order valence-electron chi connectivity index (χ0n) is 19.8. The smallest absolute Gasteiger partial charge is 0.255 e. The molecule has 6 heteroatoms. The summed E-state index contributed by atoms with van der Waals surface area (Å²) in [6.07, 6.45) is 1.87. The summed E-state index contributed by atoms with van der Waals surface area (Å²) in [5.41, 5.74) is 3.99. The average molecular weight is 519 g/mol. The van der Waals surface area contributed by atoms with Crippen molar-refractivity contribution in [1.29, 1.82) is 0 Å². The van der Waals surface area contributed by atoms with E-state index in [2.05, 4.69) is 53.4 Å². The number of rotatable bonds is 6. The number of amides is 1. The summed E-state index contributed by atoms with van der Waals surface area (Å²) >= 11 is 1.55. The maximum Gasteiger partial charge on any atom is 0.255 e. The first kappa shape index (κ1) is 25.8. The minimum atomic E-state index is -0.284. The van der Waals surface area contributed by atoms with Gasteiger partial charge in [0.1, 0.15) is 5.82 Å². The van der Waals surface area contributed by atoms with Gasteiger partial charge in [0.25, 0.3) is 5.91 Å². The number of halogens is 2. The van der Waals surface area contributed by atoms with Crippen LogP contribution in [0.2, 0.25) is 0 Å². The lowest BCUT2D eigenvalue weighted by atomic mass is 9.96. The lowest BCUT2D eigenvalue weighted by Crippen LogP contribution is -2.50. The summed E-state index contributed by atoms with van der Waals surface area (Å²) in [5, 5.41) is 1.98. The van der Waals surface area contributed by atoms with Crippen LogP contribution in [0.15, 0.2) is 102 Å². The van der Waals surface area contributed by atoms with E-state index in [1.807, 2.05) is 40.6 Å². The Hall–Kier alpha value is -3.25. The number of piperazine rings is 1. The molecule has 1 aliphatic rings. The number of carbonyl (C=O) groups is 1. The van der Waals surface area contributed by atoms with E-state index in [4.69, 9.17) is 0 Å². The molecule has 1 aliphatic heterocycles. The Morgan fingerprint density at radius 3 is 1.89 bits per heavy atom. The second kappa shape index (κ2) is 12.1. The predicted octanol–water partition coefficient (Wildman–Crippen LogP) is 6.78. The fourth-order valence-corrected chi connectivity index (χ4v) is 5.37. The second-order valence-corrected chi connectivity index (χ2v) is 9.59. The van der Waals surface area contributed by atoms with Crippen molar-refractivity contribution in [3.8, 4) is 0 Å². The molecule has 0 radical (unpaired) electrons. The lowest BCUT2D eigenvalue weighted by molar-refractivity contribution is -0.126. The number of thiophene rings is 1. The van der Waals surface area contributed by atoms with Crippen LogP contribution in [0.3, 0.4) is 0 Å². The Morgan fingerprint density at radius 2 is 1.36 bits per heavy atom. The predicted molar refractivity (Wildman–Crippen MR) is 149 cm³/mol. The lowest BCUT2D eigenvalue weighted by Gasteiger charge is -2.40. The van der Waals surface area contributed by atoms with E-state index >= 15 is 0 Å². The molecule has 3 aromatic carbocycles. The van der Waals surface area contributed by atoms with Crippen LogP contribution >= 0.6 is 23.7 Å². The summed E-state index contributed by atoms with van der Waals surface area (Å²) in [4.78, 5) is 19.0. The topological polar surface area (TPSA) is 23.6 Å². The fourth-order valence-electron chi connectivity index (χ4n) is 4.63. The van der Waals surface area contributed by atoms with Crippen LogP contribution in [0, 0.1) is 5.82 Å². The molecule has 5 rings (SSSR count). The van der Waals surface area contributed by atoms with Crippen LogP contribution in [0.25, 0.3) is 11.6 Å². The Labute approximate surface area is 221 Å². The summed E-state index contributed by atoms with van der Waals surface area (Å²) in [5.74, 6) is -0.263. The molecule has 0 saturated carbocycles. The third kappa shape index (κ3) is 5.93. The van der Waals surface area contributed by atoms with E-state index in [1.165, 1.54) is 23.3 Å². The third-order valence-electron chi connectivity index (χ3n) is 6.40. The zero-order valence-corrected chi connectivity index (χ0v) is 21.4. The van der Waals surface area contributed by atoms with Gasteiger partial charge in [-0.15, -0.1) is 23.7 Å². The van der Waals surface area contributed by atoms with Gasteiger partial charge in [0.05, 0.1) is 11.6 Å². The molecule has 2 heterocycles. The van der Waals surface area contributed by atoms with E-state index in [-0.39, 0.29) is 30.2 Å². The SMILES string of the molecule is Cl.O=C(/C(=C/c1ccc(F)cc1)c1cccs1)N1CCN(C(c2ccccc2)c2ccccc2)CC1. The molecule has 0 aliphatic carbocycles. The quantitative estimate of drug-likeness (QED) is 0.262. The molecule has 184 valence electrons. The van der Waals surface area contributed by atoms with E-state index in [0.29, 0.717) is 18.7 Å². The first-order chi connectivity index (χ1) is 17.2. The molecule has 0 unspecified atom stereocenters. The van der Waals surface area contributed by atoms with Crippen molar-refractivity contribution in [3.63, 3.8) is 0 Å². The van der Waals surface area contributed by atoms with Gasteiger partial charge in [-0.3, -0.25) is 9.69 Å². The van der Waals surface area contributed by atoms with Crippen LogP contribution in [-0.2, 0) is 4.79 Å². The molecular weight excluding hydrogens is 491 g/mol. The maximum absolute atomic E-state index is 13.7. The molecule has 0 spiro atoms. The summed E-state index contributed by atoms with van der Waals surface area (Å²) in [7, 11) is 0. The Morgan fingerprint density at radius 1 is 0.778 bits per heavy atom. The van der Waals surface area contributed by atoms with E-state index in [1.54, 1.807) is 23.5 Å². The zero-order chi connectivity index (χ0) is 24.0. The Balaban J connectivity index is 0.00000304. The van der Waals surface area contributed by atoms with Gasteiger partial charge in [-0.1, -0.05) is 78.9 Å². The minimum absolute atomic E-state index is 0. The van der Waals surface area contributed by atoms with Gasteiger partial charge in [-0.05, 0) is 46.3 Å². The van der Waals surface area contributed by atoms with Crippen molar-refractivity contribution in [2.75, 3.05) is 26.2 Å². The highest BCUT2D eigenvalue weighted by molar-refractivity contribution is 7.11. The monoisotopic (exact) mass is 518 g/mol. The largest absolute Gasteiger partial charge is 0.336 e. The number of nitrogens with zero attached hydrogens (tertiary/aromatic N) is 2. The van der Waals surface area contributed by atoms with Crippen molar-refractivity contribution < 1.29 is 9.18 Å². The second-order valence-electron chi connectivity index (χ2n) is 8.64. The van der Waals surface area contributed by atoms with Crippen molar-refractivity contribution >= 4 is 41.3 Å². The Kier molecular flexibility index (Phi) is 8.70. The first-order valence-corrected chi connectivity index (χ1v) is 12.7. The minimum Gasteiger partial charge on any atom is -0.336 e. The number of hydrogen-bond donors (Lipinski definition) is 0. The van der Waals surface area contributed by atoms with Gasteiger partial charge < -0.3 is 4.90 Å². The molecule has 3 nitrogen and oxygen atoms in total. The standard InChI is InChI=1S/C30H27FN2OS.ClH/c31-26-15-13-23(14-16-26)22-27(28-12-7-21-35-28)30(34)33-19-17-32(18-20-33)29(24-8-3-1-4-9-24)25-10-5-2-6-11-25;/h1-16,21-22,29H,17-20H2;1H/b27-22+;. The maximum atomic E-state index is 13.7. The van der Waals surface area contributed by atoms with Crippen LogP contribution in [-0.4, -0.2) is 41.9 Å². The molecule has 4 aromatic rings. The van der Waals surface area contributed by atoms with Gasteiger partial charge >= 0.3 is 0 Å². The highest BCUT2D eigenvalue weighted by atomic mass is 35.5. The van der Waals surface area contributed by atoms with Gasteiger partial charge in [-0.25, -0.2) is 4.39 Å². The number of hydrogen-bond acceptors (Lipinski definition) is 3. The summed E-state index contributed by atoms with van der Waals surface area (Å²) in [6.45, 7) is 2.88. The van der Waals surface area contributed by atoms with E-state index in [0.717, 1.165) is 23.5 Å². The van der Waals surface area contributed by atoms with E-state index < -0.39 is 0 Å². The van der Waals surface area contributed by atoms with Crippen molar-refractivity contribution in [3.05, 3.63) is 130 Å². The molecule has 1 aromatic heterocycles. The highest BCUT2D eigenvalue weighted by Crippen LogP contribution is 2.31. The van der Waals surface area contributed by atoms with Gasteiger partial charge in [0.15, 0.2) is 0 Å². The van der Waals surface area contributed by atoms with Crippen LogP contribution in [0.5, 0.6) is 0 Å². The van der Waals surface area contributed by atoms with Crippen molar-refractivity contribution in [2.45, 2.75) is 6.04 Å². The molecular formula is C30H28ClFN2OS. The number of benzene rings is 3. The fraction of sp³-hybridized carbons (Fsp3) is 0.167. The Bertz CT molecular complexity index is 1230. The molecule has 1 fully saturated rings. The van der Waals surface area contributed by atoms with Gasteiger partial charge in [-0.2, -0.15) is 0 Å². The summed E-state index contributed by atoms with van der Waals surface area (Å²) in [6, 6.07) is 31.5. The molecule has 0 N–H and O–H groups in total. The number of carbonyl (C=O) groups excluding carboxylic acids is 1. The molecule has 0 bridgehead atoms. The van der Waals surface area contributed by atoms with Gasteiger partial charge in [0, 0.05) is 31.1 Å². The van der Waals surface area contributed by atoms with Crippen LogP contribution in [0.1, 0.15) is 27.6 Å². The van der Waals surface area contributed by atoms with E-state index in [9.17, 15) is 9.18 Å². The summed E-state index contributed by atoms with van der Waals surface area (Å²) < 4.78 is 13.4. The molecule has 1 saturated heterocycles. The van der Waals surface area contributed by atoms with Crippen LogP contribution < -0.4 is 0 Å². The third-order valence-corrected chi connectivity index (χ3v) is 7.30.